The molecule has 0 bridgehead atoms. The first-order valence-electron chi connectivity index (χ1n) is 7.78. The van der Waals surface area contributed by atoms with Crippen molar-refractivity contribution in [3.05, 3.63) is 59.6 Å². The minimum absolute atomic E-state index is 0.205. The van der Waals surface area contributed by atoms with Crippen LogP contribution in [0.15, 0.2) is 54.6 Å². The molecule has 2 N–H and O–H groups in total. The fourth-order valence-corrected chi connectivity index (χ4v) is 2.69. The van der Waals surface area contributed by atoms with Crippen LogP contribution in [0.25, 0.3) is 22.2 Å². The van der Waals surface area contributed by atoms with E-state index in [0.717, 1.165) is 22.2 Å². The second-order valence-corrected chi connectivity index (χ2v) is 5.99. The Balaban J connectivity index is 2.02. The first-order chi connectivity index (χ1) is 11.7. The van der Waals surface area contributed by atoms with Gasteiger partial charge in [-0.1, -0.05) is 41.9 Å². The molecule has 0 saturated heterocycles. The minimum Gasteiger partial charge on any atom is -0.490 e. The third-order valence-electron chi connectivity index (χ3n) is 3.67. The van der Waals surface area contributed by atoms with Crippen LogP contribution in [0.3, 0.4) is 0 Å². The van der Waals surface area contributed by atoms with E-state index < -0.39 is 6.10 Å². The summed E-state index contributed by atoms with van der Waals surface area (Å²) in [5, 5.41) is 14.3. The maximum atomic E-state index is 9.89. The highest BCUT2D eigenvalue weighted by Crippen LogP contribution is 2.31. The standard InChI is InChI=1S/C19H19ClN2O2/c1-21-11-15(23)12-24-19-10-17(13-5-3-2-4-6-13)22-18-9-14(20)7-8-16(18)19/h2-10,15,21,23H,11-12H2,1H3/t15-/m0/s1. The van der Waals surface area contributed by atoms with E-state index in [2.05, 4.69) is 5.32 Å². The lowest BCUT2D eigenvalue weighted by molar-refractivity contribution is 0.109. The van der Waals surface area contributed by atoms with Crippen molar-refractivity contribution in [3.8, 4) is 17.0 Å². The number of halogens is 1. The number of nitrogens with zero attached hydrogens (tertiary/aromatic N) is 1. The highest BCUT2D eigenvalue weighted by molar-refractivity contribution is 6.31. The maximum Gasteiger partial charge on any atom is 0.131 e. The van der Waals surface area contributed by atoms with E-state index in [1.54, 1.807) is 7.05 Å². The van der Waals surface area contributed by atoms with Gasteiger partial charge < -0.3 is 15.2 Å². The van der Waals surface area contributed by atoms with Crippen molar-refractivity contribution in [1.82, 2.24) is 10.3 Å². The summed E-state index contributed by atoms with van der Waals surface area (Å²) in [6.07, 6.45) is -0.578. The molecule has 124 valence electrons. The lowest BCUT2D eigenvalue weighted by atomic mass is 10.1. The van der Waals surface area contributed by atoms with Crippen LogP contribution < -0.4 is 10.1 Å². The molecule has 1 heterocycles. The molecule has 0 spiro atoms. The summed E-state index contributed by atoms with van der Waals surface area (Å²) in [5.74, 6) is 0.686. The van der Waals surface area contributed by atoms with E-state index in [4.69, 9.17) is 21.3 Å². The average Bonchev–Trinajstić information content (AvgIpc) is 2.60. The van der Waals surface area contributed by atoms with E-state index in [9.17, 15) is 5.11 Å². The van der Waals surface area contributed by atoms with Crippen molar-refractivity contribution < 1.29 is 9.84 Å². The number of hydrogen-bond acceptors (Lipinski definition) is 4. The van der Waals surface area contributed by atoms with Gasteiger partial charge in [-0.25, -0.2) is 4.98 Å². The largest absolute Gasteiger partial charge is 0.490 e. The summed E-state index contributed by atoms with van der Waals surface area (Å²) in [6.45, 7) is 0.678. The first-order valence-corrected chi connectivity index (χ1v) is 8.16. The Morgan fingerprint density at radius 1 is 1.17 bits per heavy atom. The van der Waals surface area contributed by atoms with Crippen molar-refractivity contribution in [3.63, 3.8) is 0 Å². The number of likely N-dealkylation sites (N-methyl/N-ethyl adjacent to an activating group) is 1. The van der Waals surface area contributed by atoms with Gasteiger partial charge in [-0.15, -0.1) is 0 Å². The molecule has 4 nitrogen and oxygen atoms in total. The zero-order chi connectivity index (χ0) is 16.9. The number of rotatable bonds is 6. The van der Waals surface area contributed by atoms with Crippen molar-refractivity contribution >= 4 is 22.5 Å². The van der Waals surface area contributed by atoms with Crippen LogP contribution in [0.4, 0.5) is 0 Å². The van der Waals surface area contributed by atoms with Gasteiger partial charge in [-0.05, 0) is 25.2 Å². The molecule has 0 unspecified atom stereocenters. The molecule has 2 aromatic carbocycles. The van der Waals surface area contributed by atoms with Crippen molar-refractivity contribution in [1.29, 1.82) is 0 Å². The number of benzene rings is 2. The lowest BCUT2D eigenvalue weighted by Gasteiger charge is -2.15. The number of nitrogens with one attached hydrogen (secondary N) is 1. The minimum atomic E-state index is -0.578. The summed E-state index contributed by atoms with van der Waals surface area (Å²) in [5.41, 5.74) is 2.57. The lowest BCUT2D eigenvalue weighted by Crippen LogP contribution is -2.29. The topological polar surface area (TPSA) is 54.4 Å². The van der Waals surface area contributed by atoms with Gasteiger partial charge >= 0.3 is 0 Å². The van der Waals surface area contributed by atoms with Crippen LogP contribution in [0.2, 0.25) is 5.02 Å². The molecule has 3 rings (SSSR count). The summed E-state index contributed by atoms with van der Waals surface area (Å²) >= 11 is 6.11. The van der Waals surface area contributed by atoms with Crippen LogP contribution in [0, 0.1) is 0 Å². The Kier molecular flexibility index (Phi) is 5.30. The maximum absolute atomic E-state index is 9.89. The molecule has 5 heteroatoms. The molecule has 3 aromatic rings. The quantitative estimate of drug-likeness (QED) is 0.719. The molecule has 0 aliphatic heterocycles. The fourth-order valence-electron chi connectivity index (χ4n) is 2.53. The Morgan fingerprint density at radius 2 is 1.96 bits per heavy atom. The summed E-state index contributed by atoms with van der Waals surface area (Å²) in [4.78, 5) is 4.69. The molecule has 1 aromatic heterocycles. The van der Waals surface area contributed by atoms with Gasteiger partial charge in [0.15, 0.2) is 0 Å². The van der Waals surface area contributed by atoms with E-state index >= 15 is 0 Å². The second-order valence-electron chi connectivity index (χ2n) is 5.56. The van der Waals surface area contributed by atoms with Crippen LogP contribution >= 0.6 is 11.6 Å². The Labute approximate surface area is 146 Å². The summed E-state index contributed by atoms with van der Waals surface area (Å²) < 4.78 is 5.86. The fraction of sp³-hybridized carbons (Fsp3) is 0.211. The van der Waals surface area contributed by atoms with Gasteiger partial charge in [0.1, 0.15) is 18.5 Å². The number of fused-ring (bicyclic) bond motifs is 1. The SMILES string of the molecule is CNC[C@H](O)COc1cc(-c2ccccc2)nc2cc(Cl)ccc12. The normalized spacial score (nSPS) is 12.3. The monoisotopic (exact) mass is 342 g/mol. The number of pyridine rings is 1. The molecule has 0 aliphatic carbocycles. The number of hydrogen-bond donors (Lipinski definition) is 2. The smallest absolute Gasteiger partial charge is 0.131 e. The van der Waals surface area contributed by atoms with Gasteiger partial charge in [-0.2, -0.15) is 0 Å². The van der Waals surface area contributed by atoms with Crippen LogP contribution in [0.5, 0.6) is 5.75 Å². The van der Waals surface area contributed by atoms with Crippen molar-refractivity contribution in [2.45, 2.75) is 6.10 Å². The van der Waals surface area contributed by atoms with Gasteiger partial charge in [0.25, 0.3) is 0 Å². The molecule has 24 heavy (non-hydrogen) atoms. The predicted molar refractivity (Wildman–Crippen MR) is 97.6 cm³/mol. The zero-order valence-electron chi connectivity index (χ0n) is 13.4. The van der Waals surface area contributed by atoms with E-state index in [-0.39, 0.29) is 6.61 Å². The van der Waals surface area contributed by atoms with Gasteiger partial charge in [-0.3, -0.25) is 0 Å². The van der Waals surface area contributed by atoms with Crippen LogP contribution in [0.1, 0.15) is 0 Å². The molecule has 0 aliphatic rings. The third kappa shape index (κ3) is 3.85. The zero-order valence-corrected chi connectivity index (χ0v) is 14.1. The molecule has 1 atom stereocenters. The Morgan fingerprint density at radius 3 is 2.71 bits per heavy atom. The van der Waals surface area contributed by atoms with Crippen molar-refractivity contribution in [2.24, 2.45) is 0 Å². The number of aromatic nitrogens is 1. The number of ether oxygens (including phenoxy) is 1. The Bertz CT molecular complexity index is 824. The molecule has 0 amide bonds. The van der Waals surface area contributed by atoms with E-state index in [1.807, 2.05) is 54.6 Å². The van der Waals surface area contributed by atoms with E-state index in [1.165, 1.54) is 0 Å². The van der Waals surface area contributed by atoms with Crippen molar-refractivity contribution in [2.75, 3.05) is 20.2 Å². The van der Waals surface area contributed by atoms with Gasteiger partial charge in [0, 0.05) is 28.6 Å². The summed E-state index contributed by atoms with van der Waals surface area (Å²) in [6, 6.07) is 17.3. The molecular formula is C19H19ClN2O2. The Hall–Kier alpha value is -2.14. The molecule has 0 radical (unpaired) electrons. The van der Waals surface area contributed by atoms with Crippen LogP contribution in [-0.2, 0) is 0 Å². The highest BCUT2D eigenvalue weighted by atomic mass is 35.5. The number of aliphatic hydroxyl groups excluding tert-OH is 1. The van der Waals surface area contributed by atoms with Crippen LogP contribution in [-0.4, -0.2) is 36.4 Å². The van der Waals surface area contributed by atoms with E-state index in [0.29, 0.717) is 17.3 Å². The van der Waals surface area contributed by atoms with Gasteiger partial charge in [0.05, 0.1) is 11.2 Å². The average molecular weight is 343 g/mol. The predicted octanol–water partition coefficient (Wildman–Crippen LogP) is 3.51. The second kappa shape index (κ2) is 7.62. The highest BCUT2D eigenvalue weighted by Gasteiger charge is 2.11. The van der Waals surface area contributed by atoms with Gasteiger partial charge in [0.2, 0.25) is 0 Å². The number of aliphatic hydroxyl groups is 1. The molecular weight excluding hydrogens is 324 g/mol. The molecule has 0 fully saturated rings. The molecule has 0 saturated carbocycles. The summed E-state index contributed by atoms with van der Waals surface area (Å²) in [7, 11) is 1.79. The first kappa shape index (κ1) is 16.7. The third-order valence-corrected chi connectivity index (χ3v) is 3.91.